The number of rotatable bonds is 4. The molecule has 1 heterocycles. The number of halogens is 2. The van der Waals surface area contributed by atoms with Gasteiger partial charge in [0.1, 0.15) is 0 Å². The van der Waals surface area contributed by atoms with Crippen molar-refractivity contribution in [3.8, 4) is 5.69 Å². The van der Waals surface area contributed by atoms with Crippen LogP contribution in [0.25, 0.3) is 5.69 Å². The van der Waals surface area contributed by atoms with Crippen molar-refractivity contribution in [2.24, 2.45) is 12.1 Å². The number of benzene rings is 2. The minimum atomic E-state index is -0.495. The first-order valence-corrected chi connectivity index (χ1v) is 8.78. The van der Waals surface area contributed by atoms with Crippen molar-refractivity contribution >= 4 is 35.3 Å². The van der Waals surface area contributed by atoms with Crippen molar-refractivity contribution in [2.75, 3.05) is 0 Å². The molecule has 0 atom stereocenters. The van der Waals surface area contributed by atoms with Crippen LogP contribution >= 0.6 is 23.2 Å². The van der Waals surface area contributed by atoms with Gasteiger partial charge in [0, 0.05) is 17.8 Å². The Labute approximate surface area is 165 Å². The van der Waals surface area contributed by atoms with E-state index < -0.39 is 5.91 Å². The highest BCUT2D eigenvalue weighted by Crippen LogP contribution is 2.20. The molecular weight excluding hydrogens is 387 g/mol. The average molecular weight is 403 g/mol. The van der Waals surface area contributed by atoms with E-state index in [-0.39, 0.29) is 16.1 Å². The maximum atomic E-state index is 12.8. The molecule has 3 rings (SSSR count). The molecule has 2 aromatic carbocycles. The molecule has 138 valence electrons. The lowest BCUT2D eigenvalue weighted by Gasteiger charge is -2.07. The number of aromatic nitrogens is 2. The number of carbonyl (C=O) groups is 1. The lowest BCUT2D eigenvalue weighted by Crippen LogP contribution is -2.22. The summed E-state index contributed by atoms with van der Waals surface area (Å²) >= 11 is 11.8. The molecule has 0 saturated carbocycles. The zero-order valence-electron chi connectivity index (χ0n) is 14.6. The van der Waals surface area contributed by atoms with Gasteiger partial charge in [-0.2, -0.15) is 5.10 Å². The Kier molecular flexibility index (Phi) is 5.48. The van der Waals surface area contributed by atoms with Crippen molar-refractivity contribution in [3.05, 3.63) is 85.8 Å². The Morgan fingerprint density at radius 1 is 1.15 bits per heavy atom. The number of hydrogen-bond acceptors (Lipinski definition) is 3. The zero-order valence-corrected chi connectivity index (χ0v) is 16.1. The number of hydrazone groups is 1. The molecular formula is C19H16Cl2N4O2. The van der Waals surface area contributed by atoms with E-state index in [1.165, 1.54) is 23.0 Å². The molecule has 1 N–H and O–H groups in total. The summed E-state index contributed by atoms with van der Waals surface area (Å²) in [6, 6.07) is 13.8. The summed E-state index contributed by atoms with van der Waals surface area (Å²) in [4.78, 5) is 24.9. The van der Waals surface area contributed by atoms with E-state index in [4.69, 9.17) is 23.2 Å². The topological polar surface area (TPSA) is 68.4 Å². The van der Waals surface area contributed by atoms with Gasteiger partial charge < -0.3 is 0 Å². The number of amides is 1. The van der Waals surface area contributed by atoms with Gasteiger partial charge >= 0.3 is 0 Å². The van der Waals surface area contributed by atoms with Crippen molar-refractivity contribution in [1.82, 2.24) is 14.8 Å². The summed E-state index contributed by atoms with van der Waals surface area (Å²) in [5.41, 5.74) is 4.22. The van der Waals surface area contributed by atoms with Crippen LogP contribution in [0.4, 0.5) is 0 Å². The molecule has 0 saturated heterocycles. The summed E-state index contributed by atoms with van der Waals surface area (Å²) in [6.07, 6.45) is 1.33. The third-order valence-electron chi connectivity index (χ3n) is 4.13. The molecule has 27 heavy (non-hydrogen) atoms. The predicted molar refractivity (Wildman–Crippen MR) is 107 cm³/mol. The van der Waals surface area contributed by atoms with Crippen LogP contribution in [-0.4, -0.2) is 21.5 Å². The van der Waals surface area contributed by atoms with Gasteiger partial charge in [0.2, 0.25) is 0 Å². The molecule has 8 heteroatoms. The van der Waals surface area contributed by atoms with Crippen LogP contribution in [0.5, 0.6) is 0 Å². The van der Waals surface area contributed by atoms with Gasteiger partial charge in [0.25, 0.3) is 11.5 Å². The van der Waals surface area contributed by atoms with Crippen LogP contribution in [0.2, 0.25) is 10.0 Å². The van der Waals surface area contributed by atoms with E-state index in [0.717, 1.165) is 5.69 Å². The fourth-order valence-corrected chi connectivity index (χ4v) is 3.12. The second-order valence-corrected chi connectivity index (χ2v) is 6.64. The summed E-state index contributed by atoms with van der Waals surface area (Å²) in [6.45, 7) is 1.81. The molecule has 1 aromatic heterocycles. The fourth-order valence-electron chi connectivity index (χ4n) is 2.63. The van der Waals surface area contributed by atoms with Crippen molar-refractivity contribution in [1.29, 1.82) is 0 Å². The van der Waals surface area contributed by atoms with Gasteiger partial charge in [-0.15, -0.1) is 0 Å². The van der Waals surface area contributed by atoms with Gasteiger partial charge in [0.15, 0.2) is 0 Å². The highest BCUT2D eigenvalue weighted by molar-refractivity contribution is 6.36. The first-order valence-electron chi connectivity index (χ1n) is 8.02. The Morgan fingerprint density at radius 2 is 1.85 bits per heavy atom. The van der Waals surface area contributed by atoms with Crippen molar-refractivity contribution < 1.29 is 4.79 Å². The van der Waals surface area contributed by atoms with Crippen LogP contribution in [0, 0.1) is 6.92 Å². The fraction of sp³-hybridized carbons (Fsp3) is 0.105. The summed E-state index contributed by atoms with van der Waals surface area (Å²) in [5.74, 6) is -0.495. The first kappa shape index (κ1) is 18.9. The largest absolute Gasteiger partial charge is 0.285 e. The van der Waals surface area contributed by atoms with Gasteiger partial charge in [0.05, 0.1) is 28.1 Å². The van der Waals surface area contributed by atoms with E-state index in [2.05, 4.69) is 10.5 Å². The molecule has 0 aliphatic rings. The SMILES string of the molecule is Cc1c(/C=N/NC(=O)c2ccc(Cl)cc2Cl)c(=O)n(-c2ccccc2)n1C. The third-order valence-corrected chi connectivity index (χ3v) is 4.68. The molecule has 0 aliphatic heterocycles. The maximum Gasteiger partial charge on any atom is 0.280 e. The van der Waals surface area contributed by atoms with Gasteiger partial charge in [-0.1, -0.05) is 41.4 Å². The summed E-state index contributed by atoms with van der Waals surface area (Å²) in [5, 5.41) is 4.56. The van der Waals surface area contributed by atoms with Crippen LogP contribution in [0.15, 0.2) is 58.4 Å². The molecule has 0 unspecified atom stereocenters. The lowest BCUT2D eigenvalue weighted by molar-refractivity contribution is 0.0955. The Morgan fingerprint density at radius 3 is 2.52 bits per heavy atom. The number of para-hydroxylation sites is 1. The Balaban J connectivity index is 1.86. The molecule has 1 amide bonds. The smallest absolute Gasteiger partial charge is 0.280 e. The van der Waals surface area contributed by atoms with Crippen LogP contribution in [0.1, 0.15) is 21.6 Å². The lowest BCUT2D eigenvalue weighted by atomic mass is 10.2. The van der Waals surface area contributed by atoms with Crippen LogP contribution < -0.4 is 11.0 Å². The summed E-state index contributed by atoms with van der Waals surface area (Å²) < 4.78 is 3.27. The van der Waals surface area contributed by atoms with Crippen LogP contribution in [0.3, 0.4) is 0 Å². The molecule has 6 nitrogen and oxygen atoms in total. The number of hydrogen-bond donors (Lipinski definition) is 1. The van der Waals surface area contributed by atoms with Gasteiger partial charge in [-0.25, -0.2) is 10.1 Å². The second kappa shape index (κ2) is 7.82. The minimum Gasteiger partial charge on any atom is -0.285 e. The highest BCUT2D eigenvalue weighted by Gasteiger charge is 2.15. The highest BCUT2D eigenvalue weighted by atomic mass is 35.5. The molecule has 0 aliphatic carbocycles. The monoisotopic (exact) mass is 402 g/mol. The van der Waals surface area contributed by atoms with Gasteiger partial charge in [-0.05, 0) is 37.3 Å². The zero-order chi connectivity index (χ0) is 19.6. The Bertz CT molecular complexity index is 1090. The number of nitrogens with one attached hydrogen (secondary N) is 1. The van der Waals surface area contributed by atoms with E-state index in [1.54, 1.807) is 24.7 Å². The van der Waals surface area contributed by atoms with Gasteiger partial charge in [-0.3, -0.25) is 14.3 Å². The minimum absolute atomic E-state index is 0.220. The van der Waals surface area contributed by atoms with Crippen molar-refractivity contribution in [3.63, 3.8) is 0 Å². The molecule has 0 bridgehead atoms. The first-order chi connectivity index (χ1) is 12.9. The Hall–Kier alpha value is -2.83. The molecule has 3 aromatic rings. The average Bonchev–Trinajstić information content (AvgIpc) is 2.85. The van der Waals surface area contributed by atoms with E-state index in [9.17, 15) is 9.59 Å². The molecule has 0 spiro atoms. The quantitative estimate of drug-likeness (QED) is 0.535. The molecule has 0 fully saturated rings. The molecule has 0 radical (unpaired) electrons. The third kappa shape index (κ3) is 3.82. The normalized spacial score (nSPS) is 11.1. The van der Waals surface area contributed by atoms with E-state index in [1.807, 2.05) is 30.3 Å². The predicted octanol–water partition coefficient (Wildman–Crippen LogP) is 3.56. The summed E-state index contributed by atoms with van der Waals surface area (Å²) in [7, 11) is 1.78. The van der Waals surface area contributed by atoms with E-state index in [0.29, 0.717) is 16.3 Å². The standard InChI is InChI=1S/C19H16Cl2N4O2/c1-12-16(19(27)25(24(12)2)14-6-4-3-5-7-14)11-22-23-18(26)15-9-8-13(20)10-17(15)21/h3-11H,1-2H3,(H,23,26)/b22-11+. The number of carbonyl (C=O) groups excluding carboxylic acids is 1. The van der Waals surface area contributed by atoms with Crippen molar-refractivity contribution in [2.45, 2.75) is 6.92 Å². The number of nitrogens with zero attached hydrogens (tertiary/aromatic N) is 3. The van der Waals surface area contributed by atoms with E-state index >= 15 is 0 Å². The van der Waals surface area contributed by atoms with Crippen LogP contribution in [-0.2, 0) is 7.05 Å². The maximum absolute atomic E-state index is 12.8. The second-order valence-electron chi connectivity index (χ2n) is 5.80.